The molecule has 0 aliphatic carbocycles. The van der Waals surface area contributed by atoms with E-state index in [1.807, 2.05) is 65.6 Å². The molecule has 4 aromatic carbocycles. The number of hydrogen-bond donors (Lipinski definition) is 1. The smallest absolute Gasteiger partial charge is 0.421 e. The Labute approximate surface area is 406 Å². The average molecular weight is 956 g/mol. The number of carbonyl (C=O) groups excluding carboxylic acids is 6. The van der Waals surface area contributed by atoms with E-state index >= 15 is 14.4 Å². The number of methoxy groups -OCH3 is 3. The first-order valence-electron chi connectivity index (χ1n) is 23.6. The van der Waals surface area contributed by atoms with E-state index in [9.17, 15) is 19.5 Å². The monoisotopic (exact) mass is 955 g/mol. The van der Waals surface area contributed by atoms with E-state index in [1.54, 1.807) is 47.4 Å². The van der Waals surface area contributed by atoms with E-state index in [2.05, 4.69) is 11.8 Å². The molecule has 3 saturated heterocycles. The normalized spacial score (nSPS) is 23.0. The van der Waals surface area contributed by atoms with Gasteiger partial charge in [-0.1, -0.05) is 110 Å². The Kier molecular flexibility index (Phi) is 15.6. The van der Waals surface area contributed by atoms with Gasteiger partial charge in [0, 0.05) is 37.7 Å². The third-order valence-electron chi connectivity index (χ3n) is 13.7. The van der Waals surface area contributed by atoms with Crippen LogP contribution in [0.15, 0.2) is 103 Å². The van der Waals surface area contributed by atoms with E-state index < -0.39 is 77.3 Å². The zero-order chi connectivity index (χ0) is 49.4. The van der Waals surface area contributed by atoms with E-state index in [1.165, 1.54) is 7.11 Å². The quantitative estimate of drug-likeness (QED) is 0.0540. The Morgan fingerprint density at radius 1 is 0.771 bits per heavy atom. The van der Waals surface area contributed by atoms with E-state index in [0.29, 0.717) is 48.2 Å². The first kappa shape index (κ1) is 49.4. The number of cyclic esters (lactones) is 1. The Hall–Kier alpha value is -7.06. The van der Waals surface area contributed by atoms with Gasteiger partial charge in [0.05, 0.1) is 51.1 Å². The molecule has 3 fully saturated rings. The number of nitrogens with zero attached hydrogens (tertiary/aromatic N) is 3. The molecular formula is C54H57N3O13. The van der Waals surface area contributed by atoms with Crippen LogP contribution in [-0.2, 0) is 53.1 Å². The summed E-state index contributed by atoms with van der Waals surface area (Å²) in [6.07, 6.45) is 1.85. The molecule has 6 atom stereocenters. The van der Waals surface area contributed by atoms with Gasteiger partial charge in [0.25, 0.3) is 0 Å². The summed E-state index contributed by atoms with van der Waals surface area (Å²) in [6.45, 7) is 0.0556. The fraction of sp³-hybridized carbons (Fsp3) is 0.407. The highest BCUT2D eigenvalue weighted by Crippen LogP contribution is 2.67. The van der Waals surface area contributed by atoms with Crippen molar-refractivity contribution < 1.29 is 62.3 Å². The van der Waals surface area contributed by atoms with Gasteiger partial charge in [0.15, 0.2) is 5.92 Å². The topological polar surface area (TPSA) is 188 Å². The van der Waals surface area contributed by atoms with Crippen molar-refractivity contribution in [3.05, 3.63) is 131 Å². The minimum absolute atomic E-state index is 0.0219. The zero-order valence-corrected chi connectivity index (χ0v) is 39.5. The predicted molar refractivity (Wildman–Crippen MR) is 253 cm³/mol. The molecule has 4 heterocycles. The molecular weight excluding hydrogens is 899 g/mol. The van der Waals surface area contributed by atoms with Gasteiger partial charge in [-0.25, -0.2) is 9.69 Å². The van der Waals surface area contributed by atoms with Crippen molar-refractivity contribution in [2.75, 3.05) is 65.7 Å². The SMILES string of the molecule is COCCOC(=O)N1C(=O)[C@@]2(c3cc(C#CCC(C(=O)OC)C(=O)OC)ccc31)[C@H](C(=O)N1CCCCCCC1)[C@H]1C(=O)O[C@H](c3ccccc3)[C@H](c3ccccc3)N1[C@@H]2c1ccccc1OCCO. The highest BCUT2D eigenvalue weighted by Gasteiger charge is 2.76. The van der Waals surface area contributed by atoms with Crippen LogP contribution < -0.4 is 9.64 Å². The number of likely N-dealkylation sites (tertiary alicyclic amines) is 1. The molecule has 4 aromatic rings. The summed E-state index contributed by atoms with van der Waals surface area (Å²) in [7, 11) is 3.75. The van der Waals surface area contributed by atoms with Crippen molar-refractivity contribution in [2.45, 2.75) is 68.2 Å². The number of benzene rings is 4. The molecule has 1 N–H and O–H groups in total. The highest BCUT2D eigenvalue weighted by molar-refractivity contribution is 6.23. The number of aliphatic hydroxyl groups is 1. The van der Waals surface area contributed by atoms with E-state index in [0.717, 1.165) is 38.4 Å². The number of morpholine rings is 1. The number of fused-ring (bicyclic) bond motifs is 3. The number of rotatable bonds is 13. The summed E-state index contributed by atoms with van der Waals surface area (Å²) in [5.74, 6) is -0.402. The van der Waals surface area contributed by atoms with Crippen molar-refractivity contribution in [2.24, 2.45) is 11.8 Å². The lowest BCUT2D eigenvalue weighted by Crippen LogP contribution is -2.56. The molecule has 16 nitrogen and oxygen atoms in total. The Balaban J connectivity index is 1.46. The maximum absolute atomic E-state index is 16.6. The van der Waals surface area contributed by atoms with Gasteiger partial charge >= 0.3 is 24.0 Å². The molecule has 70 heavy (non-hydrogen) atoms. The molecule has 1 spiro atoms. The standard InChI is InChI=1S/C54H57N3O13/c1-65-32-33-69-53(64)56-41-27-26-35(18-17-24-39(49(60)66-2)50(61)67-3)34-40(41)54(52(56)63)43(48(59)55-28-15-5-4-6-16-29-55)45-51(62)70-46(37-21-11-8-12-22-37)44(36-19-9-7-10-20-36)57(45)47(54)38-23-13-14-25-42(38)68-31-30-58/h7-14,19-23,25-27,34,39,43-47,58H,4-6,15-16,24,28-33H2,1-3H3/t43-,44-,45-,46+,47+,54-/m0/s1. The molecule has 0 unspecified atom stereocenters. The second kappa shape index (κ2) is 22.1. The van der Waals surface area contributed by atoms with Gasteiger partial charge < -0.3 is 38.4 Å². The van der Waals surface area contributed by atoms with Crippen LogP contribution in [0.1, 0.15) is 84.5 Å². The van der Waals surface area contributed by atoms with E-state index in [-0.39, 0.29) is 49.8 Å². The summed E-state index contributed by atoms with van der Waals surface area (Å²) in [5, 5.41) is 10.1. The van der Waals surface area contributed by atoms with Crippen molar-refractivity contribution in [1.29, 1.82) is 0 Å². The molecule has 8 rings (SSSR count). The molecule has 0 aromatic heterocycles. The predicted octanol–water partition coefficient (Wildman–Crippen LogP) is 6.00. The van der Waals surface area contributed by atoms with Crippen LogP contribution in [-0.4, -0.2) is 118 Å². The van der Waals surface area contributed by atoms with Crippen molar-refractivity contribution in [3.8, 4) is 17.6 Å². The Morgan fingerprint density at radius 2 is 1.41 bits per heavy atom. The fourth-order valence-electron chi connectivity index (χ4n) is 10.7. The molecule has 0 bridgehead atoms. The summed E-state index contributed by atoms with van der Waals surface area (Å²) >= 11 is 0. The Bertz CT molecular complexity index is 2610. The lowest BCUT2D eigenvalue weighted by molar-refractivity contribution is -0.179. The molecule has 366 valence electrons. The summed E-state index contributed by atoms with van der Waals surface area (Å²) < 4.78 is 33.6. The largest absolute Gasteiger partial charge is 0.491 e. The average Bonchev–Trinajstić information content (AvgIpc) is 3.83. The fourth-order valence-corrected chi connectivity index (χ4v) is 10.7. The summed E-state index contributed by atoms with van der Waals surface area (Å²) in [4.78, 5) is 92.9. The maximum Gasteiger partial charge on any atom is 0.421 e. The van der Waals surface area contributed by atoms with Crippen LogP contribution in [0.4, 0.5) is 10.5 Å². The number of para-hydroxylation sites is 1. The van der Waals surface area contributed by atoms with E-state index in [4.69, 9.17) is 28.4 Å². The second-order valence-electron chi connectivity index (χ2n) is 17.6. The van der Waals surface area contributed by atoms with Crippen LogP contribution in [0.2, 0.25) is 0 Å². The highest BCUT2D eigenvalue weighted by atomic mass is 16.6. The van der Waals surface area contributed by atoms with Crippen LogP contribution in [0.5, 0.6) is 5.75 Å². The van der Waals surface area contributed by atoms with Gasteiger partial charge in [-0.05, 0) is 53.8 Å². The first-order valence-corrected chi connectivity index (χ1v) is 23.6. The number of aliphatic hydroxyl groups excluding tert-OH is 1. The number of carbonyl (C=O) groups is 6. The van der Waals surface area contributed by atoms with Gasteiger partial charge in [-0.15, -0.1) is 0 Å². The maximum atomic E-state index is 16.6. The summed E-state index contributed by atoms with van der Waals surface area (Å²) in [5.41, 5.74) is 0.231. The zero-order valence-electron chi connectivity index (χ0n) is 39.5. The number of esters is 3. The van der Waals surface area contributed by atoms with Gasteiger partial charge in [0.2, 0.25) is 11.8 Å². The third kappa shape index (κ3) is 9.24. The molecule has 3 amide bonds. The van der Waals surface area contributed by atoms with Gasteiger partial charge in [-0.2, -0.15) is 0 Å². The van der Waals surface area contributed by atoms with Gasteiger partial charge in [0.1, 0.15) is 36.5 Å². The lowest BCUT2D eigenvalue weighted by Gasteiger charge is -2.46. The number of imide groups is 1. The second-order valence-corrected chi connectivity index (χ2v) is 17.6. The lowest BCUT2D eigenvalue weighted by atomic mass is 9.64. The molecule has 4 aliphatic rings. The van der Waals surface area contributed by atoms with Crippen molar-refractivity contribution >= 4 is 41.5 Å². The van der Waals surface area contributed by atoms with Crippen LogP contribution >= 0.6 is 0 Å². The van der Waals surface area contributed by atoms with Crippen molar-refractivity contribution in [3.63, 3.8) is 0 Å². The van der Waals surface area contributed by atoms with Crippen LogP contribution in [0.25, 0.3) is 0 Å². The minimum atomic E-state index is -2.13. The number of ether oxygens (including phenoxy) is 6. The van der Waals surface area contributed by atoms with Crippen molar-refractivity contribution in [1.82, 2.24) is 9.80 Å². The molecule has 0 saturated carbocycles. The minimum Gasteiger partial charge on any atom is -0.491 e. The van der Waals surface area contributed by atoms with Crippen LogP contribution in [0, 0.1) is 23.7 Å². The molecule has 4 aliphatic heterocycles. The summed E-state index contributed by atoms with van der Waals surface area (Å²) in [6, 6.07) is 26.9. The number of amides is 3. The third-order valence-corrected chi connectivity index (χ3v) is 13.7. The molecule has 16 heteroatoms. The van der Waals surface area contributed by atoms with Gasteiger partial charge in [-0.3, -0.25) is 28.9 Å². The van der Waals surface area contributed by atoms with Crippen LogP contribution in [0.3, 0.4) is 0 Å². The first-order chi connectivity index (χ1) is 34.1. The number of anilines is 1. The molecule has 0 radical (unpaired) electrons. The Morgan fingerprint density at radius 3 is 2.07 bits per heavy atom. The number of hydrogen-bond acceptors (Lipinski definition) is 14.